The third-order valence-corrected chi connectivity index (χ3v) is 4.79. The number of fused-ring (bicyclic) bond motifs is 1. The molecule has 0 aliphatic heterocycles. The van der Waals surface area contributed by atoms with Crippen LogP contribution < -0.4 is 15.6 Å². The highest BCUT2D eigenvalue weighted by Crippen LogP contribution is 2.14. The number of benzene rings is 2. The summed E-state index contributed by atoms with van der Waals surface area (Å²) in [6.45, 7) is 2.32. The lowest BCUT2D eigenvalue weighted by Gasteiger charge is -2.07. The Kier molecular flexibility index (Phi) is 6.44. The van der Waals surface area contributed by atoms with Gasteiger partial charge in [0, 0.05) is 36.0 Å². The van der Waals surface area contributed by atoms with E-state index in [2.05, 4.69) is 10.3 Å². The molecule has 3 aromatic rings. The molecule has 1 heterocycles. The number of rotatable bonds is 8. The number of aryl methyl sites for hydroxylation is 1. The highest BCUT2D eigenvalue weighted by atomic mass is 16.5. The molecule has 0 radical (unpaired) electrons. The standard InChI is InChI=1S/C23H24N2O4/c1-15-3-4-17-14-18(23(28)25-20(17)13-15)11-12-24-22(27)10-9-21(26)16-5-7-19(29-2)8-6-16/h3-8,13-14H,9-12H2,1-2H3,(H,24,27)(H,25,28). The Labute approximate surface area is 168 Å². The first-order chi connectivity index (χ1) is 14.0. The van der Waals surface area contributed by atoms with Crippen LogP contribution in [0.4, 0.5) is 0 Å². The summed E-state index contributed by atoms with van der Waals surface area (Å²) in [5, 5.41) is 3.74. The number of amides is 1. The van der Waals surface area contributed by atoms with E-state index in [0.29, 0.717) is 29.8 Å². The van der Waals surface area contributed by atoms with Crippen LogP contribution in [0.5, 0.6) is 5.75 Å². The number of ketones is 1. The molecule has 1 amide bonds. The molecule has 0 saturated heterocycles. The molecule has 150 valence electrons. The number of carbonyl (C=O) groups is 2. The Balaban J connectivity index is 1.49. The predicted molar refractivity (Wildman–Crippen MR) is 113 cm³/mol. The molecule has 0 unspecified atom stereocenters. The lowest BCUT2D eigenvalue weighted by molar-refractivity contribution is -0.121. The number of aromatic nitrogens is 1. The van der Waals surface area contributed by atoms with Crippen LogP contribution in [-0.2, 0) is 11.2 Å². The smallest absolute Gasteiger partial charge is 0.251 e. The van der Waals surface area contributed by atoms with Crippen LogP contribution in [-0.4, -0.2) is 30.3 Å². The van der Waals surface area contributed by atoms with E-state index in [4.69, 9.17) is 4.74 Å². The Hall–Kier alpha value is -3.41. The molecule has 0 aliphatic rings. The zero-order valence-corrected chi connectivity index (χ0v) is 16.6. The van der Waals surface area contributed by atoms with Crippen molar-refractivity contribution in [1.82, 2.24) is 10.3 Å². The minimum Gasteiger partial charge on any atom is -0.497 e. The fraction of sp³-hybridized carbons (Fsp3) is 0.261. The van der Waals surface area contributed by atoms with Gasteiger partial charge in [-0.2, -0.15) is 0 Å². The molecule has 2 N–H and O–H groups in total. The topological polar surface area (TPSA) is 88.3 Å². The summed E-state index contributed by atoms with van der Waals surface area (Å²) in [5.74, 6) is 0.377. The molecular formula is C23H24N2O4. The number of Topliss-reactive ketones (excluding diaryl/α,β-unsaturated/α-hetero) is 1. The van der Waals surface area contributed by atoms with Gasteiger partial charge in [0.1, 0.15) is 5.75 Å². The second-order valence-corrected chi connectivity index (χ2v) is 6.97. The fourth-order valence-corrected chi connectivity index (χ4v) is 3.12. The third-order valence-electron chi connectivity index (χ3n) is 4.79. The van der Waals surface area contributed by atoms with Crippen molar-refractivity contribution >= 4 is 22.6 Å². The molecule has 0 aliphatic carbocycles. The van der Waals surface area contributed by atoms with Crippen molar-refractivity contribution in [2.24, 2.45) is 0 Å². The fourth-order valence-electron chi connectivity index (χ4n) is 3.12. The highest BCUT2D eigenvalue weighted by Gasteiger charge is 2.10. The maximum absolute atomic E-state index is 12.2. The van der Waals surface area contributed by atoms with Crippen LogP contribution in [0.3, 0.4) is 0 Å². The van der Waals surface area contributed by atoms with Gasteiger partial charge in [0.15, 0.2) is 5.78 Å². The molecule has 0 spiro atoms. The quantitative estimate of drug-likeness (QED) is 0.577. The zero-order chi connectivity index (χ0) is 20.8. The molecule has 3 rings (SSSR count). The van der Waals surface area contributed by atoms with Crippen LogP contribution in [0, 0.1) is 6.92 Å². The lowest BCUT2D eigenvalue weighted by atomic mass is 10.1. The molecule has 1 aromatic heterocycles. The van der Waals surface area contributed by atoms with Gasteiger partial charge in [-0.3, -0.25) is 14.4 Å². The maximum Gasteiger partial charge on any atom is 0.251 e. The maximum atomic E-state index is 12.2. The van der Waals surface area contributed by atoms with Crippen molar-refractivity contribution < 1.29 is 14.3 Å². The molecule has 0 bridgehead atoms. The summed E-state index contributed by atoms with van der Waals surface area (Å²) < 4.78 is 5.07. The van der Waals surface area contributed by atoms with Crippen molar-refractivity contribution in [2.45, 2.75) is 26.2 Å². The number of aromatic amines is 1. The second-order valence-electron chi connectivity index (χ2n) is 6.97. The zero-order valence-electron chi connectivity index (χ0n) is 16.6. The summed E-state index contributed by atoms with van der Waals surface area (Å²) in [7, 11) is 1.56. The average Bonchev–Trinajstić information content (AvgIpc) is 2.72. The average molecular weight is 392 g/mol. The first-order valence-corrected chi connectivity index (χ1v) is 9.53. The molecule has 0 fully saturated rings. The van der Waals surface area contributed by atoms with Gasteiger partial charge in [-0.05, 0) is 60.7 Å². The van der Waals surface area contributed by atoms with E-state index in [9.17, 15) is 14.4 Å². The highest BCUT2D eigenvalue weighted by molar-refractivity contribution is 5.98. The van der Waals surface area contributed by atoms with Crippen molar-refractivity contribution in [3.8, 4) is 5.75 Å². The summed E-state index contributed by atoms with van der Waals surface area (Å²) in [6.07, 6.45) is 0.670. The molecular weight excluding hydrogens is 368 g/mol. The number of H-pyrrole nitrogens is 1. The van der Waals surface area contributed by atoms with Crippen LogP contribution in [0.25, 0.3) is 10.9 Å². The lowest BCUT2D eigenvalue weighted by Crippen LogP contribution is -2.27. The minimum absolute atomic E-state index is 0.0935. The number of methoxy groups -OCH3 is 1. The Morgan fingerprint density at radius 3 is 2.52 bits per heavy atom. The van der Waals surface area contributed by atoms with Crippen molar-refractivity contribution in [3.63, 3.8) is 0 Å². The monoisotopic (exact) mass is 392 g/mol. The van der Waals surface area contributed by atoms with Gasteiger partial charge >= 0.3 is 0 Å². The Morgan fingerprint density at radius 2 is 1.79 bits per heavy atom. The Morgan fingerprint density at radius 1 is 1.03 bits per heavy atom. The molecule has 0 saturated carbocycles. The molecule has 2 aromatic carbocycles. The van der Waals surface area contributed by atoms with Crippen LogP contribution >= 0.6 is 0 Å². The number of pyridine rings is 1. The van der Waals surface area contributed by atoms with Gasteiger partial charge in [0.05, 0.1) is 7.11 Å². The van der Waals surface area contributed by atoms with E-state index in [0.717, 1.165) is 16.5 Å². The molecule has 29 heavy (non-hydrogen) atoms. The van der Waals surface area contributed by atoms with E-state index < -0.39 is 0 Å². The molecule has 6 heteroatoms. The van der Waals surface area contributed by atoms with E-state index in [-0.39, 0.29) is 30.1 Å². The van der Waals surface area contributed by atoms with Gasteiger partial charge in [0.2, 0.25) is 5.91 Å². The normalized spacial score (nSPS) is 10.7. The number of carbonyl (C=O) groups excluding carboxylic acids is 2. The summed E-state index contributed by atoms with van der Waals surface area (Å²) in [5.41, 5.74) is 2.91. The number of ether oxygens (including phenoxy) is 1. The Bertz CT molecular complexity index is 1080. The number of nitrogens with one attached hydrogen (secondary N) is 2. The SMILES string of the molecule is COc1ccc(C(=O)CCC(=O)NCCc2cc3ccc(C)cc3[nH]c2=O)cc1. The van der Waals surface area contributed by atoms with Gasteiger partial charge in [-0.1, -0.05) is 12.1 Å². The van der Waals surface area contributed by atoms with Gasteiger partial charge < -0.3 is 15.0 Å². The number of hydrogen-bond donors (Lipinski definition) is 2. The summed E-state index contributed by atoms with van der Waals surface area (Å²) >= 11 is 0. The van der Waals surface area contributed by atoms with Crippen molar-refractivity contribution in [1.29, 1.82) is 0 Å². The van der Waals surface area contributed by atoms with Crippen molar-refractivity contribution in [2.75, 3.05) is 13.7 Å². The van der Waals surface area contributed by atoms with Crippen LogP contribution in [0.2, 0.25) is 0 Å². The predicted octanol–water partition coefficient (Wildman–Crippen LogP) is 3.17. The van der Waals surface area contributed by atoms with Crippen LogP contribution in [0.1, 0.15) is 34.3 Å². The van der Waals surface area contributed by atoms with Gasteiger partial charge in [-0.15, -0.1) is 0 Å². The number of hydrogen-bond acceptors (Lipinski definition) is 4. The van der Waals surface area contributed by atoms with Gasteiger partial charge in [-0.25, -0.2) is 0 Å². The van der Waals surface area contributed by atoms with E-state index in [1.165, 1.54) is 0 Å². The summed E-state index contributed by atoms with van der Waals surface area (Å²) in [6, 6.07) is 14.6. The first-order valence-electron chi connectivity index (χ1n) is 9.53. The van der Waals surface area contributed by atoms with E-state index >= 15 is 0 Å². The van der Waals surface area contributed by atoms with Crippen LogP contribution in [0.15, 0.2) is 53.3 Å². The first kappa shape index (κ1) is 20.3. The third kappa shape index (κ3) is 5.31. The largest absolute Gasteiger partial charge is 0.497 e. The van der Waals surface area contributed by atoms with E-state index in [1.807, 2.05) is 31.2 Å². The van der Waals surface area contributed by atoms with E-state index in [1.54, 1.807) is 31.4 Å². The molecule has 0 atom stereocenters. The van der Waals surface area contributed by atoms with Gasteiger partial charge in [0.25, 0.3) is 5.56 Å². The molecule has 6 nitrogen and oxygen atoms in total. The second kappa shape index (κ2) is 9.19. The van der Waals surface area contributed by atoms with Crippen molar-refractivity contribution in [3.05, 3.63) is 75.6 Å². The summed E-state index contributed by atoms with van der Waals surface area (Å²) in [4.78, 5) is 39.3. The minimum atomic E-state index is -0.209.